The van der Waals surface area contributed by atoms with Crippen LogP contribution in [-0.4, -0.2) is 18.9 Å². The summed E-state index contributed by atoms with van der Waals surface area (Å²) in [6, 6.07) is 17.9. The van der Waals surface area contributed by atoms with Crippen molar-refractivity contribution >= 4 is 5.78 Å². The molecule has 0 spiro atoms. The second-order valence-corrected chi connectivity index (χ2v) is 5.22. The largest absolute Gasteiger partial charge is 0.310 e. The Kier molecular flexibility index (Phi) is 6.17. The number of ketones is 1. The molecule has 0 unspecified atom stereocenters. The van der Waals surface area contributed by atoms with Crippen molar-refractivity contribution in [1.82, 2.24) is 5.32 Å². The van der Waals surface area contributed by atoms with E-state index in [4.69, 9.17) is 0 Å². The van der Waals surface area contributed by atoms with Crippen molar-refractivity contribution in [3.63, 3.8) is 0 Å². The van der Waals surface area contributed by atoms with Crippen molar-refractivity contribution in [2.45, 2.75) is 26.2 Å². The summed E-state index contributed by atoms with van der Waals surface area (Å²) in [7, 11) is 0. The molecule has 2 rings (SSSR count). The summed E-state index contributed by atoms with van der Waals surface area (Å²) in [6.07, 6.45) is 3.54. The molecule has 0 saturated heterocycles. The third kappa shape index (κ3) is 4.54. The Hall–Kier alpha value is -1.93. The highest BCUT2D eigenvalue weighted by Gasteiger charge is 2.11. The van der Waals surface area contributed by atoms with Crippen molar-refractivity contribution in [2.75, 3.05) is 13.1 Å². The fourth-order valence-corrected chi connectivity index (χ4v) is 2.39. The number of benzene rings is 2. The number of rotatable bonds is 8. The summed E-state index contributed by atoms with van der Waals surface area (Å²) < 4.78 is 0. The van der Waals surface area contributed by atoms with E-state index in [2.05, 4.69) is 12.2 Å². The van der Waals surface area contributed by atoms with E-state index in [0.717, 1.165) is 29.7 Å². The average Bonchev–Trinajstić information content (AvgIpc) is 2.55. The van der Waals surface area contributed by atoms with E-state index in [1.807, 2.05) is 54.6 Å². The Labute approximate surface area is 127 Å². The van der Waals surface area contributed by atoms with Gasteiger partial charge in [-0.25, -0.2) is 0 Å². The lowest BCUT2D eigenvalue weighted by molar-refractivity contribution is 0.0992. The molecule has 0 fully saturated rings. The summed E-state index contributed by atoms with van der Waals surface area (Å²) in [6.45, 7) is 3.50. The summed E-state index contributed by atoms with van der Waals surface area (Å²) >= 11 is 0. The molecule has 0 amide bonds. The highest BCUT2D eigenvalue weighted by Crippen LogP contribution is 2.23. The fourth-order valence-electron chi connectivity index (χ4n) is 2.39. The Balaban J connectivity index is 2.04. The predicted octanol–water partition coefficient (Wildman–Crippen LogP) is 4.32. The number of carbonyl (C=O) groups excluding carboxylic acids is 1. The van der Waals surface area contributed by atoms with Gasteiger partial charge < -0.3 is 5.32 Å². The molecule has 0 heterocycles. The summed E-state index contributed by atoms with van der Waals surface area (Å²) in [4.78, 5) is 12.4. The van der Waals surface area contributed by atoms with E-state index in [-0.39, 0.29) is 5.78 Å². The van der Waals surface area contributed by atoms with Gasteiger partial charge in [0.1, 0.15) is 0 Å². The molecule has 0 bridgehead atoms. The van der Waals surface area contributed by atoms with Crippen LogP contribution in [0.3, 0.4) is 0 Å². The SMILES string of the molecule is CCCCCNCC(=O)c1ccccc1-c1ccccc1. The van der Waals surface area contributed by atoms with Crippen LogP contribution in [0.25, 0.3) is 11.1 Å². The smallest absolute Gasteiger partial charge is 0.177 e. The highest BCUT2D eigenvalue weighted by atomic mass is 16.1. The maximum absolute atomic E-state index is 12.4. The first kappa shape index (κ1) is 15.5. The molecular weight excluding hydrogens is 258 g/mol. The normalized spacial score (nSPS) is 10.5. The first-order valence-corrected chi connectivity index (χ1v) is 7.71. The summed E-state index contributed by atoms with van der Waals surface area (Å²) in [5, 5.41) is 3.25. The van der Waals surface area contributed by atoms with Crippen LogP contribution in [0, 0.1) is 0 Å². The van der Waals surface area contributed by atoms with Gasteiger partial charge in [-0.2, -0.15) is 0 Å². The Morgan fingerprint density at radius 1 is 0.952 bits per heavy atom. The summed E-state index contributed by atoms with van der Waals surface area (Å²) in [5.74, 6) is 0.158. The van der Waals surface area contributed by atoms with Crippen LogP contribution in [0.15, 0.2) is 54.6 Å². The molecule has 0 aromatic heterocycles. The number of hydrogen-bond acceptors (Lipinski definition) is 2. The van der Waals surface area contributed by atoms with Crippen LogP contribution in [0.1, 0.15) is 36.5 Å². The zero-order valence-corrected chi connectivity index (χ0v) is 12.6. The first-order chi connectivity index (χ1) is 10.3. The van der Waals surface area contributed by atoms with Gasteiger partial charge in [0.2, 0.25) is 0 Å². The van der Waals surface area contributed by atoms with Crippen LogP contribution in [0.4, 0.5) is 0 Å². The molecule has 2 aromatic carbocycles. The number of Topliss-reactive ketones (excluding diaryl/α,β-unsaturated/α-hetero) is 1. The van der Waals surface area contributed by atoms with Crippen molar-refractivity contribution in [2.24, 2.45) is 0 Å². The van der Waals surface area contributed by atoms with Crippen LogP contribution in [0.5, 0.6) is 0 Å². The lowest BCUT2D eigenvalue weighted by Gasteiger charge is -2.09. The highest BCUT2D eigenvalue weighted by molar-refractivity contribution is 6.03. The topological polar surface area (TPSA) is 29.1 Å². The third-order valence-electron chi connectivity index (χ3n) is 3.55. The van der Waals surface area contributed by atoms with Gasteiger partial charge in [-0.05, 0) is 24.1 Å². The summed E-state index contributed by atoms with van der Waals surface area (Å²) in [5.41, 5.74) is 2.90. The minimum Gasteiger partial charge on any atom is -0.310 e. The maximum Gasteiger partial charge on any atom is 0.177 e. The van der Waals surface area contributed by atoms with Crippen LogP contribution >= 0.6 is 0 Å². The zero-order chi connectivity index (χ0) is 14.9. The first-order valence-electron chi connectivity index (χ1n) is 7.71. The monoisotopic (exact) mass is 281 g/mol. The van der Waals surface area contributed by atoms with Crippen LogP contribution in [-0.2, 0) is 0 Å². The number of unbranched alkanes of at least 4 members (excludes halogenated alkanes) is 2. The Morgan fingerprint density at radius 3 is 2.43 bits per heavy atom. The molecule has 0 atom stereocenters. The molecule has 1 N–H and O–H groups in total. The minimum atomic E-state index is 0.158. The lowest BCUT2D eigenvalue weighted by atomic mass is 9.97. The van der Waals surface area contributed by atoms with Crippen LogP contribution < -0.4 is 5.32 Å². The van der Waals surface area contributed by atoms with E-state index in [1.165, 1.54) is 12.8 Å². The number of nitrogens with one attached hydrogen (secondary N) is 1. The molecule has 0 saturated carbocycles. The van der Waals surface area contributed by atoms with E-state index in [9.17, 15) is 4.79 Å². The van der Waals surface area contributed by atoms with Crippen molar-refractivity contribution in [3.8, 4) is 11.1 Å². The standard InChI is InChI=1S/C19H23NO/c1-2-3-9-14-20-15-19(21)18-13-8-7-12-17(18)16-10-5-4-6-11-16/h4-8,10-13,20H,2-3,9,14-15H2,1H3. The predicted molar refractivity (Wildman–Crippen MR) is 88.6 cm³/mol. The molecule has 0 aliphatic rings. The van der Waals surface area contributed by atoms with Gasteiger partial charge in [-0.1, -0.05) is 74.4 Å². The zero-order valence-electron chi connectivity index (χ0n) is 12.6. The third-order valence-corrected chi connectivity index (χ3v) is 3.55. The molecule has 110 valence electrons. The quantitative estimate of drug-likeness (QED) is 0.577. The van der Waals surface area contributed by atoms with E-state index in [0.29, 0.717) is 6.54 Å². The van der Waals surface area contributed by atoms with Crippen molar-refractivity contribution < 1.29 is 4.79 Å². The van der Waals surface area contributed by atoms with Gasteiger partial charge in [-0.3, -0.25) is 4.79 Å². The van der Waals surface area contributed by atoms with Crippen LogP contribution in [0.2, 0.25) is 0 Å². The molecule has 21 heavy (non-hydrogen) atoms. The molecule has 2 heteroatoms. The maximum atomic E-state index is 12.4. The van der Waals surface area contributed by atoms with Gasteiger partial charge in [0.25, 0.3) is 0 Å². The van der Waals surface area contributed by atoms with Gasteiger partial charge in [0.05, 0.1) is 6.54 Å². The molecule has 2 aromatic rings. The van der Waals surface area contributed by atoms with Gasteiger partial charge in [-0.15, -0.1) is 0 Å². The second-order valence-electron chi connectivity index (χ2n) is 5.22. The van der Waals surface area contributed by atoms with Crippen molar-refractivity contribution in [1.29, 1.82) is 0 Å². The Bertz CT molecular complexity index is 563. The molecule has 0 radical (unpaired) electrons. The Morgan fingerprint density at radius 2 is 1.67 bits per heavy atom. The lowest BCUT2D eigenvalue weighted by Crippen LogP contribution is -2.24. The minimum absolute atomic E-state index is 0.158. The molecule has 0 aliphatic heterocycles. The van der Waals surface area contributed by atoms with Gasteiger partial charge in [0.15, 0.2) is 5.78 Å². The van der Waals surface area contributed by atoms with Crippen molar-refractivity contribution in [3.05, 3.63) is 60.2 Å². The van der Waals surface area contributed by atoms with Gasteiger partial charge in [0, 0.05) is 5.56 Å². The van der Waals surface area contributed by atoms with E-state index < -0.39 is 0 Å². The van der Waals surface area contributed by atoms with E-state index in [1.54, 1.807) is 0 Å². The van der Waals surface area contributed by atoms with E-state index >= 15 is 0 Å². The number of hydrogen-bond donors (Lipinski definition) is 1. The number of carbonyl (C=O) groups is 1. The molecule has 2 nitrogen and oxygen atoms in total. The van der Waals surface area contributed by atoms with Gasteiger partial charge >= 0.3 is 0 Å². The fraction of sp³-hybridized carbons (Fsp3) is 0.316. The molecular formula is C19H23NO. The second kappa shape index (κ2) is 8.38. The average molecular weight is 281 g/mol. The molecule has 0 aliphatic carbocycles.